The van der Waals surface area contributed by atoms with Crippen molar-refractivity contribution in [1.29, 1.82) is 0 Å². The fourth-order valence-corrected chi connectivity index (χ4v) is 5.44. The van der Waals surface area contributed by atoms with E-state index in [9.17, 15) is 4.79 Å². The van der Waals surface area contributed by atoms with E-state index < -0.39 is 5.41 Å². The van der Waals surface area contributed by atoms with Gasteiger partial charge in [0, 0.05) is 32.7 Å². The van der Waals surface area contributed by atoms with Gasteiger partial charge in [-0.15, -0.1) is 0 Å². The highest BCUT2D eigenvalue weighted by molar-refractivity contribution is 5.88. The van der Waals surface area contributed by atoms with E-state index in [1.54, 1.807) is 0 Å². The van der Waals surface area contributed by atoms with Gasteiger partial charge in [-0.1, -0.05) is 48.5 Å². The van der Waals surface area contributed by atoms with Crippen LogP contribution in [0, 0.1) is 0 Å². The van der Waals surface area contributed by atoms with Crippen molar-refractivity contribution in [2.45, 2.75) is 49.2 Å². The third-order valence-electron chi connectivity index (χ3n) is 7.27. The van der Waals surface area contributed by atoms with E-state index >= 15 is 0 Å². The Morgan fingerprint density at radius 3 is 2.23 bits per heavy atom. The maximum absolute atomic E-state index is 13.8. The summed E-state index contributed by atoms with van der Waals surface area (Å²) in [5, 5.41) is 0. The molecule has 0 radical (unpaired) electrons. The molecule has 5 rings (SSSR count). The number of hydrogen-bond acceptors (Lipinski definition) is 4. The quantitative estimate of drug-likeness (QED) is 0.750. The Labute approximate surface area is 184 Å². The number of carbonyl (C=O) groups excluding carboxylic acids is 1. The molecule has 3 saturated heterocycles. The van der Waals surface area contributed by atoms with Crippen LogP contribution in [-0.2, 0) is 19.7 Å². The average molecular weight is 422 g/mol. The van der Waals surface area contributed by atoms with Crippen LogP contribution in [0.2, 0.25) is 0 Å². The van der Waals surface area contributed by atoms with Crippen LogP contribution in [0.5, 0.6) is 5.75 Å². The Balaban J connectivity index is 1.24. The topological polar surface area (TPSA) is 48.0 Å². The maximum Gasteiger partial charge on any atom is 0.233 e. The summed E-state index contributed by atoms with van der Waals surface area (Å²) in [5.74, 6) is 1.15. The second kappa shape index (κ2) is 8.64. The number of ether oxygens (including phenoxy) is 3. The third kappa shape index (κ3) is 4.09. The predicted octanol–water partition coefficient (Wildman–Crippen LogP) is 3.96. The molecule has 1 spiro atoms. The van der Waals surface area contributed by atoms with Crippen molar-refractivity contribution in [3.8, 4) is 5.75 Å². The molecule has 5 heteroatoms. The van der Waals surface area contributed by atoms with Crippen LogP contribution >= 0.6 is 0 Å². The van der Waals surface area contributed by atoms with Gasteiger partial charge in [0.15, 0.2) is 0 Å². The molecule has 0 bridgehead atoms. The van der Waals surface area contributed by atoms with E-state index in [1.165, 1.54) is 0 Å². The van der Waals surface area contributed by atoms with Crippen LogP contribution < -0.4 is 4.74 Å². The van der Waals surface area contributed by atoms with Gasteiger partial charge in [-0.25, -0.2) is 0 Å². The van der Waals surface area contributed by atoms with Crippen LogP contribution in [0.25, 0.3) is 0 Å². The zero-order valence-electron chi connectivity index (χ0n) is 18.0. The van der Waals surface area contributed by atoms with Crippen LogP contribution in [0.4, 0.5) is 0 Å². The highest BCUT2D eigenvalue weighted by Crippen LogP contribution is 2.41. The number of piperidine rings is 1. The number of carbonyl (C=O) groups is 1. The van der Waals surface area contributed by atoms with Gasteiger partial charge < -0.3 is 19.1 Å². The number of para-hydroxylation sites is 1. The van der Waals surface area contributed by atoms with Crippen LogP contribution in [0.1, 0.15) is 37.7 Å². The highest BCUT2D eigenvalue weighted by Gasteiger charge is 2.48. The van der Waals surface area contributed by atoms with E-state index in [1.807, 2.05) is 48.5 Å². The molecule has 3 aliphatic rings. The smallest absolute Gasteiger partial charge is 0.233 e. The average Bonchev–Trinajstić information content (AvgIpc) is 3.22. The van der Waals surface area contributed by atoms with E-state index in [4.69, 9.17) is 14.2 Å². The second-order valence-corrected chi connectivity index (χ2v) is 9.10. The summed E-state index contributed by atoms with van der Waals surface area (Å²) in [5.41, 5.74) is 0.503. The van der Waals surface area contributed by atoms with Crippen LogP contribution in [0.15, 0.2) is 60.7 Å². The van der Waals surface area contributed by atoms with Gasteiger partial charge in [-0.2, -0.15) is 0 Å². The fourth-order valence-electron chi connectivity index (χ4n) is 5.44. The molecule has 3 aliphatic heterocycles. The van der Waals surface area contributed by atoms with Gasteiger partial charge in [0.1, 0.15) is 11.9 Å². The minimum Gasteiger partial charge on any atom is -0.488 e. The Bertz CT molecular complexity index is 871. The summed E-state index contributed by atoms with van der Waals surface area (Å²) < 4.78 is 18.0. The highest BCUT2D eigenvalue weighted by atomic mass is 16.6. The summed E-state index contributed by atoms with van der Waals surface area (Å²) in [7, 11) is 0. The molecule has 1 amide bonds. The Kier molecular flexibility index (Phi) is 5.72. The summed E-state index contributed by atoms with van der Waals surface area (Å²) >= 11 is 0. The number of amides is 1. The number of likely N-dealkylation sites (tertiary alicyclic amines) is 1. The lowest BCUT2D eigenvalue weighted by Crippen LogP contribution is -2.54. The Hall–Kier alpha value is -2.37. The molecule has 164 valence electrons. The van der Waals surface area contributed by atoms with Crippen molar-refractivity contribution in [2.24, 2.45) is 0 Å². The maximum atomic E-state index is 13.8. The molecule has 5 nitrogen and oxygen atoms in total. The van der Waals surface area contributed by atoms with E-state index in [2.05, 4.69) is 17.0 Å². The van der Waals surface area contributed by atoms with Crippen molar-refractivity contribution >= 4 is 5.91 Å². The Morgan fingerprint density at radius 1 is 0.903 bits per heavy atom. The van der Waals surface area contributed by atoms with Crippen molar-refractivity contribution < 1.29 is 19.0 Å². The van der Waals surface area contributed by atoms with E-state index in [0.717, 1.165) is 56.5 Å². The van der Waals surface area contributed by atoms with Crippen molar-refractivity contribution in [3.63, 3.8) is 0 Å². The van der Waals surface area contributed by atoms with Crippen LogP contribution in [0.3, 0.4) is 0 Å². The molecule has 2 aromatic rings. The molecule has 2 aromatic carbocycles. The van der Waals surface area contributed by atoms with Crippen molar-refractivity contribution in [3.05, 3.63) is 66.2 Å². The SMILES string of the molecule is O=C(N1CCC2(CC1)C[C@@H](Oc1ccccc1)CO2)C1(c2ccccc2)CCOCC1. The largest absolute Gasteiger partial charge is 0.488 e. The molecule has 0 aliphatic carbocycles. The molecule has 0 N–H and O–H groups in total. The van der Waals surface area contributed by atoms with E-state index in [0.29, 0.717) is 19.8 Å². The number of rotatable bonds is 4. The zero-order valence-corrected chi connectivity index (χ0v) is 18.0. The molecule has 0 unspecified atom stereocenters. The van der Waals surface area contributed by atoms with Crippen molar-refractivity contribution in [2.75, 3.05) is 32.9 Å². The summed E-state index contributed by atoms with van der Waals surface area (Å²) in [6.45, 7) is 3.38. The minimum absolute atomic E-state index is 0.0794. The molecule has 31 heavy (non-hydrogen) atoms. The first-order valence-electron chi connectivity index (χ1n) is 11.5. The van der Waals surface area contributed by atoms with Gasteiger partial charge in [0.05, 0.1) is 17.6 Å². The molecule has 3 heterocycles. The molecule has 0 saturated carbocycles. The van der Waals surface area contributed by atoms with Gasteiger partial charge in [0.2, 0.25) is 5.91 Å². The molecular weight excluding hydrogens is 390 g/mol. The minimum atomic E-state index is -0.459. The van der Waals surface area contributed by atoms with Crippen molar-refractivity contribution in [1.82, 2.24) is 4.90 Å². The first kappa shape index (κ1) is 20.5. The fraction of sp³-hybridized carbons (Fsp3) is 0.500. The standard InChI is InChI=1S/C26H31NO4/c28-24(26(13-17-29-18-14-26)21-7-3-1-4-8-21)27-15-11-25(12-16-27)19-23(20-30-25)31-22-9-5-2-6-10-22/h1-10,23H,11-20H2/t23-/m1/s1. The number of hydrogen-bond donors (Lipinski definition) is 0. The summed E-state index contributed by atoms with van der Waals surface area (Å²) in [6.07, 6.45) is 4.21. The monoisotopic (exact) mass is 421 g/mol. The predicted molar refractivity (Wildman–Crippen MR) is 118 cm³/mol. The first-order valence-corrected chi connectivity index (χ1v) is 11.5. The Morgan fingerprint density at radius 2 is 1.55 bits per heavy atom. The lowest BCUT2D eigenvalue weighted by Gasteiger charge is -2.44. The molecule has 3 fully saturated rings. The second-order valence-electron chi connectivity index (χ2n) is 9.10. The molecule has 1 atom stereocenters. The summed E-state index contributed by atoms with van der Waals surface area (Å²) in [4.78, 5) is 15.9. The zero-order chi connectivity index (χ0) is 21.2. The third-order valence-corrected chi connectivity index (χ3v) is 7.27. The number of benzene rings is 2. The van der Waals surface area contributed by atoms with E-state index in [-0.39, 0.29) is 17.6 Å². The van der Waals surface area contributed by atoms with Gasteiger partial charge in [0.25, 0.3) is 0 Å². The van der Waals surface area contributed by atoms with Gasteiger partial charge >= 0.3 is 0 Å². The molecule has 0 aromatic heterocycles. The lowest BCUT2D eigenvalue weighted by molar-refractivity contribution is -0.146. The normalized spacial score (nSPS) is 24.8. The summed E-state index contributed by atoms with van der Waals surface area (Å²) in [6, 6.07) is 20.2. The number of nitrogens with zero attached hydrogens (tertiary/aromatic N) is 1. The van der Waals surface area contributed by atoms with Crippen LogP contribution in [-0.4, -0.2) is 55.4 Å². The lowest BCUT2D eigenvalue weighted by atomic mass is 9.72. The first-order chi connectivity index (χ1) is 15.2. The van der Waals surface area contributed by atoms with Gasteiger partial charge in [-0.05, 0) is 43.4 Å². The van der Waals surface area contributed by atoms with Gasteiger partial charge in [-0.3, -0.25) is 4.79 Å². The molecular formula is C26H31NO4.